The van der Waals surface area contributed by atoms with Crippen molar-refractivity contribution in [3.8, 4) is 0 Å². The lowest BCUT2D eigenvalue weighted by atomic mass is 9.95. The van der Waals surface area contributed by atoms with E-state index in [0.717, 1.165) is 18.5 Å². The minimum atomic E-state index is -0.550. The first-order chi connectivity index (χ1) is 10.1. The fourth-order valence-corrected chi connectivity index (χ4v) is 3.54. The molecule has 21 heavy (non-hydrogen) atoms. The Kier molecular flexibility index (Phi) is 3.99. The molecule has 2 aliphatic rings. The molecule has 1 aromatic heterocycles. The van der Waals surface area contributed by atoms with E-state index in [0.29, 0.717) is 19.4 Å². The van der Waals surface area contributed by atoms with Crippen LogP contribution >= 0.6 is 0 Å². The molecule has 0 spiro atoms. The Bertz CT molecular complexity index is 518. The molecule has 0 aliphatic heterocycles. The van der Waals surface area contributed by atoms with Gasteiger partial charge in [-0.2, -0.15) is 5.10 Å². The van der Waals surface area contributed by atoms with Gasteiger partial charge in [-0.05, 0) is 44.1 Å². The molecule has 0 bridgehead atoms. The van der Waals surface area contributed by atoms with Crippen LogP contribution < -0.4 is 5.73 Å². The average Bonchev–Trinajstić information content (AvgIpc) is 3.03. The maximum atomic E-state index is 12.5. The second-order valence-electron chi connectivity index (χ2n) is 6.43. The summed E-state index contributed by atoms with van der Waals surface area (Å²) in [7, 11) is 1.81. The number of aryl methyl sites for hydroxylation is 1. The molecule has 0 radical (unpaired) electrons. The monoisotopic (exact) mass is 292 g/mol. The first-order valence-corrected chi connectivity index (χ1v) is 7.80. The molecule has 1 aromatic rings. The van der Waals surface area contributed by atoms with Crippen molar-refractivity contribution in [2.45, 2.75) is 57.2 Å². The summed E-state index contributed by atoms with van der Waals surface area (Å²) in [6, 6.07) is -0.273. The van der Waals surface area contributed by atoms with E-state index in [1.165, 1.54) is 24.1 Å². The molecular formula is C15H24N4O2. The van der Waals surface area contributed by atoms with E-state index in [1.807, 2.05) is 7.05 Å². The van der Waals surface area contributed by atoms with Crippen molar-refractivity contribution in [3.05, 3.63) is 17.0 Å². The highest BCUT2D eigenvalue weighted by molar-refractivity contribution is 5.79. The third kappa shape index (κ3) is 2.82. The van der Waals surface area contributed by atoms with Crippen LogP contribution in [0.5, 0.6) is 0 Å². The SMILES string of the molecule is CN(Cc1n[nH]c2c1CCCC2)C(=O)[C@H]1C[C@H](N)[C@@H](O)C1. The predicted octanol–water partition coefficient (Wildman–Crippen LogP) is 0.345. The maximum absolute atomic E-state index is 12.5. The highest BCUT2D eigenvalue weighted by Crippen LogP contribution is 2.28. The number of hydrogen-bond donors (Lipinski definition) is 3. The molecule has 4 N–H and O–H groups in total. The Hall–Kier alpha value is -1.40. The van der Waals surface area contributed by atoms with Gasteiger partial charge < -0.3 is 15.7 Å². The van der Waals surface area contributed by atoms with Gasteiger partial charge in [0, 0.05) is 24.7 Å². The zero-order valence-corrected chi connectivity index (χ0v) is 12.5. The molecular weight excluding hydrogens is 268 g/mol. The van der Waals surface area contributed by atoms with Crippen LogP contribution in [0, 0.1) is 5.92 Å². The molecule has 1 saturated carbocycles. The summed E-state index contributed by atoms with van der Waals surface area (Å²) < 4.78 is 0. The topological polar surface area (TPSA) is 95.2 Å². The van der Waals surface area contributed by atoms with Crippen molar-refractivity contribution < 1.29 is 9.90 Å². The first kappa shape index (κ1) is 14.5. The van der Waals surface area contributed by atoms with Gasteiger partial charge in [-0.25, -0.2) is 0 Å². The Morgan fingerprint density at radius 2 is 2.19 bits per heavy atom. The highest BCUT2D eigenvalue weighted by atomic mass is 16.3. The Morgan fingerprint density at radius 1 is 1.43 bits per heavy atom. The summed E-state index contributed by atoms with van der Waals surface area (Å²) >= 11 is 0. The average molecular weight is 292 g/mol. The minimum Gasteiger partial charge on any atom is -0.391 e. The number of aliphatic hydroxyl groups excluding tert-OH is 1. The summed E-state index contributed by atoms with van der Waals surface area (Å²) in [6.07, 6.45) is 5.01. The van der Waals surface area contributed by atoms with Crippen molar-refractivity contribution in [2.24, 2.45) is 11.7 Å². The molecule has 1 amide bonds. The number of hydrogen-bond acceptors (Lipinski definition) is 4. The van der Waals surface area contributed by atoms with Crippen LogP contribution in [0.1, 0.15) is 42.6 Å². The smallest absolute Gasteiger partial charge is 0.225 e. The molecule has 3 atom stereocenters. The number of nitrogens with two attached hydrogens (primary N) is 1. The van der Waals surface area contributed by atoms with Gasteiger partial charge in [-0.3, -0.25) is 9.89 Å². The van der Waals surface area contributed by atoms with E-state index in [1.54, 1.807) is 4.90 Å². The van der Waals surface area contributed by atoms with Crippen LogP contribution in [0.15, 0.2) is 0 Å². The van der Waals surface area contributed by atoms with Crippen LogP contribution in [-0.2, 0) is 24.2 Å². The molecule has 2 aliphatic carbocycles. The summed E-state index contributed by atoms with van der Waals surface area (Å²) in [4.78, 5) is 14.2. The number of rotatable bonds is 3. The van der Waals surface area contributed by atoms with Gasteiger partial charge in [0.25, 0.3) is 0 Å². The fraction of sp³-hybridized carbons (Fsp3) is 0.733. The number of H-pyrrole nitrogens is 1. The van der Waals surface area contributed by atoms with Gasteiger partial charge in [0.2, 0.25) is 5.91 Å². The van der Waals surface area contributed by atoms with E-state index in [9.17, 15) is 9.90 Å². The Balaban J connectivity index is 1.65. The molecule has 1 heterocycles. The molecule has 0 unspecified atom stereocenters. The van der Waals surface area contributed by atoms with Crippen molar-refractivity contribution in [1.82, 2.24) is 15.1 Å². The van der Waals surface area contributed by atoms with Gasteiger partial charge in [0.1, 0.15) is 0 Å². The van der Waals surface area contributed by atoms with Gasteiger partial charge in [0.15, 0.2) is 0 Å². The van der Waals surface area contributed by atoms with Crippen LogP contribution in [0.2, 0.25) is 0 Å². The molecule has 0 aromatic carbocycles. The normalized spacial score (nSPS) is 28.4. The Labute approximate surface area is 124 Å². The highest BCUT2D eigenvalue weighted by Gasteiger charge is 2.36. The minimum absolute atomic E-state index is 0.0644. The lowest BCUT2D eigenvalue weighted by Crippen LogP contribution is -2.32. The molecule has 116 valence electrons. The number of nitrogens with zero attached hydrogens (tertiary/aromatic N) is 2. The number of nitrogens with one attached hydrogen (secondary N) is 1. The third-order valence-corrected chi connectivity index (χ3v) is 4.83. The number of amides is 1. The molecule has 3 rings (SSSR count). The van der Waals surface area contributed by atoms with Crippen molar-refractivity contribution in [1.29, 1.82) is 0 Å². The number of aliphatic hydroxyl groups is 1. The summed E-state index contributed by atoms with van der Waals surface area (Å²) in [5, 5.41) is 17.2. The molecule has 6 nitrogen and oxygen atoms in total. The number of carbonyl (C=O) groups is 1. The van der Waals surface area contributed by atoms with Crippen LogP contribution in [0.25, 0.3) is 0 Å². The molecule has 0 saturated heterocycles. The van der Waals surface area contributed by atoms with Gasteiger partial charge >= 0.3 is 0 Å². The van der Waals surface area contributed by atoms with Crippen molar-refractivity contribution >= 4 is 5.91 Å². The number of carbonyl (C=O) groups excluding carboxylic acids is 1. The zero-order chi connectivity index (χ0) is 15.0. The summed E-state index contributed by atoms with van der Waals surface area (Å²) in [5.74, 6) is -0.0932. The predicted molar refractivity (Wildman–Crippen MR) is 78.4 cm³/mol. The van der Waals surface area contributed by atoms with Gasteiger partial charge in [0.05, 0.1) is 18.3 Å². The van der Waals surface area contributed by atoms with Crippen LogP contribution in [0.3, 0.4) is 0 Å². The number of fused-ring (bicyclic) bond motifs is 1. The van der Waals surface area contributed by atoms with Crippen LogP contribution in [0.4, 0.5) is 0 Å². The summed E-state index contributed by atoms with van der Waals surface area (Å²) in [6.45, 7) is 0.534. The van der Waals surface area contributed by atoms with Gasteiger partial charge in [-0.15, -0.1) is 0 Å². The van der Waals surface area contributed by atoms with Crippen molar-refractivity contribution in [3.63, 3.8) is 0 Å². The lowest BCUT2D eigenvalue weighted by Gasteiger charge is -2.21. The lowest BCUT2D eigenvalue weighted by molar-refractivity contribution is -0.134. The van der Waals surface area contributed by atoms with E-state index in [4.69, 9.17) is 5.73 Å². The van der Waals surface area contributed by atoms with Crippen molar-refractivity contribution in [2.75, 3.05) is 7.05 Å². The van der Waals surface area contributed by atoms with E-state index < -0.39 is 6.10 Å². The molecule has 6 heteroatoms. The zero-order valence-electron chi connectivity index (χ0n) is 12.5. The van der Waals surface area contributed by atoms with E-state index in [2.05, 4.69) is 10.2 Å². The third-order valence-electron chi connectivity index (χ3n) is 4.83. The van der Waals surface area contributed by atoms with E-state index in [-0.39, 0.29) is 17.9 Å². The fourth-order valence-electron chi connectivity index (χ4n) is 3.54. The second kappa shape index (κ2) is 5.77. The van der Waals surface area contributed by atoms with E-state index >= 15 is 0 Å². The first-order valence-electron chi connectivity index (χ1n) is 7.80. The quantitative estimate of drug-likeness (QED) is 0.749. The van der Waals surface area contributed by atoms with Gasteiger partial charge in [-0.1, -0.05) is 0 Å². The number of aromatic amines is 1. The Morgan fingerprint density at radius 3 is 2.90 bits per heavy atom. The molecule has 1 fully saturated rings. The summed E-state index contributed by atoms with van der Waals surface area (Å²) in [5.41, 5.74) is 9.31. The standard InChI is InChI=1S/C15H24N4O2/c1-19(15(21)9-6-11(16)14(20)7-9)8-13-10-4-2-3-5-12(10)17-18-13/h9,11,14,20H,2-8,16H2,1H3,(H,17,18)/t9-,11-,14-/m0/s1. The largest absolute Gasteiger partial charge is 0.391 e. The maximum Gasteiger partial charge on any atom is 0.225 e. The second-order valence-corrected chi connectivity index (χ2v) is 6.43. The van der Waals surface area contributed by atoms with Crippen LogP contribution in [-0.4, -0.2) is 45.3 Å². The number of aromatic nitrogens is 2.